The molecule has 56 heavy (non-hydrogen) atoms. The van der Waals surface area contributed by atoms with E-state index < -0.39 is 36.7 Å². The molecular formula is C49H78O7. The van der Waals surface area contributed by atoms with Crippen LogP contribution in [0.4, 0.5) is 0 Å². The van der Waals surface area contributed by atoms with E-state index in [1.54, 1.807) is 0 Å². The maximum atomic E-state index is 12.5. The second kappa shape index (κ2) is 21.3. The summed E-state index contributed by atoms with van der Waals surface area (Å²) in [5.41, 5.74) is 2.11. The molecule has 1 aliphatic heterocycles. The molecule has 4 fully saturated rings. The molecule has 7 heteroatoms. The van der Waals surface area contributed by atoms with E-state index in [1.807, 2.05) is 12.2 Å². The van der Waals surface area contributed by atoms with Gasteiger partial charge in [-0.15, -0.1) is 0 Å². The highest BCUT2D eigenvalue weighted by Gasteiger charge is 2.59. The van der Waals surface area contributed by atoms with E-state index in [9.17, 15) is 20.1 Å². The van der Waals surface area contributed by atoms with Gasteiger partial charge in [0.2, 0.25) is 0 Å². The highest BCUT2D eigenvalue weighted by atomic mass is 16.7. The van der Waals surface area contributed by atoms with Gasteiger partial charge in [-0.3, -0.25) is 4.79 Å². The molecule has 3 saturated carbocycles. The summed E-state index contributed by atoms with van der Waals surface area (Å²) in [6.07, 6.45) is 30.8. The molecule has 3 N–H and O–H groups in total. The van der Waals surface area contributed by atoms with Gasteiger partial charge in [-0.05, 0) is 130 Å². The first-order valence-corrected chi connectivity index (χ1v) is 22.7. The number of esters is 1. The van der Waals surface area contributed by atoms with Gasteiger partial charge in [-0.2, -0.15) is 0 Å². The summed E-state index contributed by atoms with van der Waals surface area (Å²) in [6, 6.07) is 0. The molecule has 5 aliphatic rings. The van der Waals surface area contributed by atoms with Gasteiger partial charge in [0.1, 0.15) is 31.0 Å². The first-order chi connectivity index (χ1) is 26.9. The molecule has 1 heterocycles. The van der Waals surface area contributed by atoms with Crippen molar-refractivity contribution >= 4 is 5.97 Å². The Morgan fingerprint density at radius 1 is 0.857 bits per heavy atom. The third-order valence-electron chi connectivity index (χ3n) is 14.9. The van der Waals surface area contributed by atoms with Crippen molar-refractivity contribution in [1.29, 1.82) is 0 Å². The summed E-state index contributed by atoms with van der Waals surface area (Å²) >= 11 is 0. The molecule has 13 unspecified atom stereocenters. The van der Waals surface area contributed by atoms with Crippen LogP contribution in [-0.2, 0) is 19.0 Å². The molecular weight excluding hydrogens is 701 g/mol. The van der Waals surface area contributed by atoms with E-state index in [0.29, 0.717) is 17.8 Å². The number of hydrogen-bond donors (Lipinski definition) is 3. The van der Waals surface area contributed by atoms with Crippen LogP contribution < -0.4 is 0 Å². The van der Waals surface area contributed by atoms with E-state index in [-0.39, 0.29) is 24.5 Å². The van der Waals surface area contributed by atoms with Crippen LogP contribution in [0.2, 0.25) is 0 Å². The fourth-order valence-electron chi connectivity index (χ4n) is 11.7. The predicted octanol–water partition coefficient (Wildman–Crippen LogP) is 10.3. The number of carbonyl (C=O) groups is 1. The van der Waals surface area contributed by atoms with Gasteiger partial charge in [0.05, 0.1) is 6.10 Å². The number of carbonyl (C=O) groups excluding carboxylic acids is 1. The van der Waals surface area contributed by atoms with Crippen LogP contribution >= 0.6 is 0 Å². The lowest BCUT2D eigenvalue weighted by molar-refractivity contribution is -0.313. The zero-order chi connectivity index (χ0) is 40.3. The lowest BCUT2D eigenvalue weighted by Crippen LogP contribution is -2.60. The van der Waals surface area contributed by atoms with E-state index in [4.69, 9.17) is 14.2 Å². The minimum atomic E-state index is -1.46. The maximum Gasteiger partial charge on any atom is 0.306 e. The average Bonchev–Trinajstić information content (AvgIpc) is 3.53. The van der Waals surface area contributed by atoms with Gasteiger partial charge in [-0.1, -0.05) is 121 Å². The van der Waals surface area contributed by atoms with Gasteiger partial charge < -0.3 is 29.5 Å². The van der Waals surface area contributed by atoms with Crippen molar-refractivity contribution in [3.63, 3.8) is 0 Å². The molecule has 1 saturated heterocycles. The van der Waals surface area contributed by atoms with Crippen LogP contribution in [0, 0.1) is 46.3 Å². The molecule has 316 valence electrons. The van der Waals surface area contributed by atoms with Crippen molar-refractivity contribution in [1.82, 2.24) is 0 Å². The molecule has 0 aromatic heterocycles. The molecule has 0 amide bonds. The van der Waals surface area contributed by atoms with Crippen LogP contribution in [0.15, 0.2) is 60.3 Å². The van der Waals surface area contributed by atoms with Crippen molar-refractivity contribution in [3.05, 3.63) is 60.3 Å². The Balaban J connectivity index is 1.07. The summed E-state index contributed by atoms with van der Waals surface area (Å²) in [6.45, 7) is 14.3. The summed E-state index contributed by atoms with van der Waals surface area (Å²) in [4.78, 5) is 12.5. The topological polar surface area (TPSA) is 105 Å². The van der Waals surface area contributed by atoms with E-state index >= 15 is 0 Å². The highest BCUT2D eigenvalue weighted by Crippen LogP contribution is 2.67. The molecule has 4 aliphatic carbocycles. The SMILES string of the molecule is CC/C=C\C/C=C\C/C=C\C/C=C\CCC(=O)OCC1OC(OC2CCC3(C)C(=CCC4C3CCC3(C)C(C(C)CCCC(C)C)CCC43)C2)C(O)C(O)C1O. The zero-order valence-corrected chi connectivity index (χ0v) is 35.8. The molecule has 7 nitrogen and oxygen atoms in total. The first kappa shape index (κ1) is 45.1. The van der Waals surface area contributed by atoms with E-state index in [1.165, 1.54) is 50.5 Å². The maximum absolute atomic E-state index is 12.5. The third-order valence-corrected chi connectivity index (χ3v) is 14.9. The van der Waals surface area contributed by atoms with Crippen LogP contribution in [0.25, 0.3) is 0 Å². The van der Waals surface area contributed by atoms with Crippen molar-refractivity contribution in [2.75, 3.05) is 6.61 Å². The lowest BCUT2D eigenvalue weighted by atomic mass is 9.47. The van der Waals surface area contributed by atoms with Gasteiger partial charge in [0.25, 0.3) is 0 Å². The van der Waals surface area contributed by atoms with Gasteiger partial charge in [0, 0.05) is 6.42 Å². The Morgan fingerprint density at radius 3 is 2.25 bits per heavy atom. The van der Waals surface area contributed by atoms with Crippen LogP contribution in [0.3, 0.4) is 0 Å². The molecule has 0 aromatic rings. The number of aliphatic hydroxyl groups is 3. The van der Waals surface area contributed by atoms with Gasteiger partial charge in [0.15, 0.2) is 6.29 Å². The fraction of sp³-hybridized carbons (Fsp3) is 0.776. The number of fused-ring (bicyclic) bond motifs is 5. The average molecular weight is 779 g/mol. The summed E-state index contributed by atoms with van der Waals surface area (Å²) in [5, 5.41) is 32.4. The van der Waals surface area contributed by atoms with Crippen LogP contribution in [0.1, 0.15) is 151 Å². The van der Waals surface area contributed by atoms with Gasteiger partial charge in [-0.25, -0.2) is 0 Å². The lowest BCUT2D eigenvalue weighted by Gasteiger charge is -2.58. The Kier molecular flexibility index (Phi) is 17.1. The minimum Gasteiger partial charge on any atom is -0.463 e. The fourth-order valence-corrected chi connectivity index (χ4v) is 11.7. The molecule has 0 bridgehead atoms. The standard InChI is InChI=1S/C49H78O7/c1-7-8-9-10-11-12-13-14-15-16-17-18-19-23-43(50)54-33-42-44(51)45(52)46(53)47(56-42)55-37-28-30-48(5)36(32-37)24-25-38-40-27-26-39(35(4)22-20-21-34(2)3)49(40,6)31-29-41(38)48/h8-9,11-12,14-15,17-18,24,34-35,37-42,44-47,51-53H,7,10,13,16,19-23,25-33H2,1-6H3/b9-8-,12-11-,15-14-,18-17-. The van der Waals surface area contributed by atoms with Gasteiger partial charge >= 0.3 is 5.97 Å². The second-order valence-electron chi connectivity index (χ2n) is 19.0. The Hall–Kier alpha value is -2.03. The smallest absolute Gasteiger partial charge is 0.306 e. The zero-order valence-electron chi connectivity index (χ0n) is 35.8. The molecule has 5 rings (SSSR count). The monoisotopic (exact) mass is 779 g/mol. The van der Waals surface area contributed by atoms with Crippen molar-refractivity contribution < 1.29 is 34.3 Å². The Bertz CT molecular complexity index is 1380. The number of ether oxygens (including phenoxy) is 3. The summed E-state index contributed by atoms with van der Waals surface area (Å²) in [5.74, 6) is 4.32. The predicted molar refractivity (Wildman–Crippen MR) is 225 cm³/mol. The van der Waals surface area contributed by atoms with Crippen molar-refractivity contribution in [2.24, 2.45) is 46.3 Å². The van der Waals surface area contributed by atoms with Crippen molar-refractivity contribution in [2.45, 2.75) is 188 Å². The number of allylic oxidation sites excluding steroid dienone is 9. The number of rotatable bonds is 19. The summed E-state index contributed by atoms with van der Waals surface area (Å²) < 4.78 is 17.9. The van der Waals surface area contributed by atoms with E-state index in [2.05, 4.69) is 84.1 Å². The third kappa shape index (κ3) is 11.2. The Labute approximate surface area is 340 Å². The van der Waals surface area contributed by atoms with E-state index in [0.717, 1.165) is 81.0 Å². The normalized spacial score (nSPS) is 38.0. The number of hydrogen-bond acceptors (Lipinski definition) is 7. The molecule has 0 aromatic carbocycles. The van der Waals surface area contributed by atoms with Crippen LogP contribution in [-0.4, -0.2) is 64.7 Å². The molecule has 0 radical (unpaired) electrons. The molecule has 0 spiro atoms. The summed E-state index contributed by atoms with van der Waals surface area (Å²) in [7, 11) is 0. The second-order valence-corrected chi connectivity index (χ2v) is 19.0. The first-order valence-electron chi connectivity index (χ1n) is 22.7. The quantitative estimate of drug-likeness (QED) is 0.0886. The van der Waals surface area contributed by atoms with Crippen molar-refractivity contribution in [3.8, 4) is 0 Å². The minimum absolute atomic E-state index is 0.154. The number of aliphatic hydroxyl groups excluding tert-OH is 3. The highest BCUT2D eigenvalue weighted by molar-refractivity contribution is 5.69. The Morgan fingerprint density at radius 2 is 1.55 bits per heavy atom. The van der Waals surface area contributed by atoms with Crippen LogP contribution in [0.5, 0.6) is 0 Å². The largest absolute Gasteiger partial charge is 0.463 e. The molecule has 13 atom stereocenters.